The van der Waals surface area contributed by atoms with Crippen LogP contribution in [0.3, 0.4) is 0 Å². The van der Waals surface area contributed by atoms with Crippen molar-refractivity contribution in [2.45, 2.75) is 69.4 Å². The molecular formula is C13H23F2O3P. The largest absolute Gasteiger partial charge is 0.329 e. The van der Waals surface area contributed by atoms with Crippen molar-refractivity contribution in [2.24, 2.45) is 11.8 Å². The maximum absolute atomic E-state index is 14.0. The van der Waals surface area contributed by atoms with Crippen LogP contribution in [0.1, 0.15) is 51.4 Å². The maximum Gasteiger partial charge on any atom is 0.329 e. The Labute approximate surface area is 112 Å². The minimum Gasteiger partial charge on any atom is -0.324 e. The lowest BCUT2D eigenvalue weighted by Gasteiger charge is -2.40. The highest BCUT2D eigenvalue weighted by Gasteiger charge is 2.48. The van der Waals surface area contributed by atoms with Crippen LogP contribution < -0.4 is 0 Å². The number of rotatable bonds is 3. The van der Waals surface area contributed by atoms with Crippen molar-refractivity contribution in [1.82, 2.24) is 0 Å². The lowest BCUT2D eigenvalue weighted by molar-refractivity contribution is 0.0835. The SMILES string of the molecule is O=P(O)(O)C(C1CCCCC1F)C1CCCCC1F. The molecule has 0 aromatic heterocycles. The lowest BCUT2D eigenvalue weighted by Crippen LogP contribution is -2.41. The molecule has 0 spiro atoms. The summed E-state index contributed by atoms with van der Waals surface area (Å²) in [7, 11) is -4.47. The highest BCUT2D eigenvalue weighted by molar-refractivity contribution is 7.52. The van der Waals surface area contributed by atoms with Crippen LogP contribution >= 0.6 is 7.60 Å². The van der Waals surface area contributed by atoms with E-state index in [1.54, 1.807) is 0 Å². The third-order valence-corrected chi connectivity index (χ3v) is 6.27. The highest BCUT2D eigenvalue weighted by Crippen LogP contribution is 2.55. The summed E-state index contributed by atoms with van der Waals surface area (Å²) >= 11 is 0. The zero-order chi connectivity index (χ0) is 14.0. The normalized spacial score (nSPS) is 38.9. The van der Waals surface area contributed by atoms with Crippen molar-refractivity contribution < 1.29 is 23.1 Å². The number of halogens is 2. The van der Waals surface area contributed by atoms with Crippen molar-refractivity contribution in [3.8, 4) is 0 Å². The van der Waals surface area contributed by atoms with E-state index in [1.807, 2.05) is 0 Å². The fraction of sp³-hybridized carbons (Fsp3) is 1.00. The number of hydrogen-bond donors (Lipinski definition) is 2. The second-order valence-electron chi connectivity index (χ2n) is 6.01. The van der Waals surface area contributed by atoms with Gasteiger partial charge in [0.25, 0.3) is 0 Å². The fourth-order valence-corrected chi connectivity index (χ4v) is 5.48. The molecule has 0 aromatic rings. The first-order valence-electron chi connectivity index (χ1n) is 7.24. The summed E-state index contributed by atoms with van der Waals surface area (Å²) < 4.78 is 39.9. The lowest BCUT2D eigenvalue weighted by atomic mass is 9.75. The molecule has 0 bridgehead atoms. The van der Waals surface area contributed by atoms with Crippen molar-refractivity contribution in [1.29, 1.82) is 0 Å². The molecule has 0 saturated heterocycles. The third kappa shape index (κ3) is 3.56. The molecule has 4 unspecified atom stereocenters. The van der Waals surface area contributed by atoms with Crippen molar-refractivity contribution in [3.63, 3.8) is 0 Å². The quantitative estimate of drug-likeness (QED) is 0.782. The van der Waals surface area contributed by atoms with Gasteiger partial charge in [-0.25, -0.2) is 8.78 Å². The van der Waals surface area contributed by atoms with Gasteiger partial charge in [-0.05, 0) is 25.7 Å². The molecule has 19 heavy (non-hydrogen) atoms. The van der Waals surface area contributed by atoms with Gasteiger partial charge in [-0.1, -0.05) is 25.7 Å². The first-order chi connectivity index (χ1) is 8.91. The molecule has 0 radical (unpaired) electrons. The number of hydrogen-bond acceptors (Lipinski definition) is 1. The molecule has 0 aromatic carbocycles. The van der Waals surface area contributed by atoms with E-state index in [2.05, 4.69) is 0 Å². The average molecular weight is 296 g/mol. The smallest absolute Gasteiger partial charge is 0.324 e. The van der Waals surface area contributed by atoms with Crippen LogP contribution in [0.2, 0.25) is 0 Å². The molecule has 2 fully saturated rings. The van der Waals surface area contributed by atoms with Gasteiger partial charge in [0.15, 0.2) is 0 Å². The van der Waals surface area contributed by atoms with Gasteiger partial charge in [0.2, 0.25) is 0 Å². The Bertz CT molecular complexity index is 325. The summed E-state index contributed by atoms with van der Waals surface area (Å²) in [5.41, 5.74) is -1.13. The third-order valence-electron chi connectivity index (χ3n) is 4.73. The Morgan fingerprint density at radius 2 is 1.21 bits per heavy atom. The minimum absolute atomic E-state index is 0.352. The average Bonchev–Trinajstić information content (AvgIpc) is 2.33. The van der Waals surface area contributed by atoms with Crippen LogP contribution in [0.15, 0.2) is 0 Å². The van der Waals surface area contributed by atoms with Crippen molar-refractivity contribution in [3.05, 3.63) is 0 Å². The van der Waals surface area contributed by atoms with Crippen LogP contribution in [0.5, 0.6) is 0 Å². The van der Waals surface area contributed by atoms with Gasteiger partial charge in [-0.3, -0.25) is 4.57 Å². The van der Waals surface area contributed by atoms with Gasteiger partial charge >= 0.3 is 7.60 Å². The van der Waals surface area contributed by atoms with Crippen LogP contribution in [0.4, 0.5) is 8.78 Å². The van der Waals surface area contributed by atoms with Crippen LogP contribution in [0.25, 0.3) is 0 Å². The van der Waals surface area contributed by atoms with E-state index in [-0.39, 0.29) is 0 Å². The van der Waals surface area contributed by atoms with Gasteiger partial charge in [0.05, 0.1) is 5.66 Å². The molecule has 6 heteroatoms. The number of alkyl halides is 2. The highest BCUT2D eigenvalue weighted by atomic mass is 31.2. The predicted molar refractivity (Wildman–Crippen MR) is 69.5 cm³/mol. The summed E-state index contributed by atoms with van der Waals surface area (Å²) in [6.07, 6.45) is 2.35. The first kappa shape index (κ1) is 15.4. The summed E-state index contributed by atoms with van der Waals surface area (Å²) in [6, 6.07) is 0. The van der Waals surface area contributed by atoms with E-state index < -0.39 is 37.4 Å². The van der Waals surface area contributed by atoms with Gasteiger partial charge in [0.1, 0.15) is 12.3 Å². The summed E-state index contributed by atoms with van der Waals surface area (Å²) in [4.78, 5) is 19.2. The maximum atomic E-state index is 14.0. The van der Waals surface area contributed by atoms with Crippen LogP contribution in [-0.4, -0.2) is 27.8 Å². The molecule has 0 amide bonds. The molecule has 2 aliphatic carbocycles. The minimum atomic E-state index is -4.47. The van der Waals surface area contributed by atoms with E-state index in [9.17, 15) is 23.1 Å². The van der Waals surface area contributed by atoms with Gasteiger partial charge < -0.3 is 9.79 Å². The topological polar surface area (TPSA) is 57.5 Å². The summed E-state index contributed by atoms with van der Waals surface area (Å²) in [5, 5.41) is 0. The fourth-order valence-electron chi connectivity index (χ4n) is 3.81. The van der Waals surface area contributed by atoms with Gasteiger partial charge in [-0.2, -0.15) is 0 Å². The molecule has 2 N–H and O–H groups in total. The van der Waals surface area contributed by atoms with E-state index in [0.717, 1.165) is 25.7 Å². The standard InChI is InChI=1S/C13H23F2O3P/c14-11-7-3-1-5-9(11)13(19(16,17)18)10-6-2-4-8-12(10)15/h9-13H,1-8H2,(H2,16,17,18). The second-order valence-corrected chi connectivity index (χ2v) is 7.78. The monoisotopic (exact) mass is 296 g/mol. The van der Waals surface area contributed by atoms with E-state index in [1.165, 1.54) is 0 Å². The van der Waals surface area contributed by atoms with Gasteiger partial charge in [-0.15, -0.1) is 0 Å². The Morgan fingerprint density at radius 1 is 0.842 bits per heavy atom. The van der Waals surface area contributed by atoms with E-state index in [0.29, 0.717) is 25.7 Å². The second kappa shape index (κ2) is 6.19. The predicted octanol–water partition coefficient (Wildman–Crippen LogP) is 3.59. The Balaban J connectivity index is 2.22. The van der Waals surface area contributed by atoms with E-state index >= 15 is 0 Å². The van der Waals surface area contributed by atoms with Crippen molar-refractivity contribution in [2.75, 3.05) is 0 Å². The van der Waals surface area contributed by atoms with Crippen LogP contribution in [0, 0.1) is 11.8 Å². The Hall–Kier alpha value is 0.01000. The zero-order valence-electron chi connectivity index (χ0n) is 11.0. The molecule has 112 valence electrons. The molecule has 0 heterocycles. The Morgan fingerprint density at radius 3 is 1.53 bits per heavy atom. The van der Waals surface area contributed by atoms with E-state index in [4.69, 9.17) is 0 Å². The molecule has 2 saturated carbocycles. The summed E-state index contributed by atoms with van der Waals surface area (Å²) in [5.74, 6) is -1.34. The molecule has 2 aliphatic rings. The van der Waals surface area contributed by atoms with Crippen molar-refractivity contribution >= 4 is 7.60 Å². The molecule has 0 aliphatic heterocycles. The van der Waals surface area contributed by atoms with Gasteiger partial charge in [0, 0.05) is 11.8 Å². The molecule has 3 nitrogen and oxygen atoms in total. The van der Waals surface area contributed by atoms with Crippen LogP contribution in [-0.2, 0) is 4.57 Å². The first-order valence-corrected chi connectivity index (χ1v) is 8.93. The molecule has 4 atom stereocenters. The summed E-state index contributed by atoms with van der Waals surface area (Å²) in [6.45, 7) is 0. The Kier molecular flexibility index (Phi) is 5.02. The molecular weight excluding hydrogens is 273 g/mol. The molecule has 2 rings (SSSR count). The zero-order valence-corrected chi connectivity index (χ0v) is 11.9.